The van der Waals surface area contributed by atoms with Crippen molar-refractivity contribution in [3.63, 3.8) is 0 Å². The number of rotatable bonds is 7. The van der Waals surface area contributed by atoms with Crippen molar-refractivity contribution in [3.05, 3.63) is 65.7 Å². The predicted molar refractivity (Wildman–Crippen MR) is 131 cm³/mol. The number of amides is 2. The van der Waals surface area contributed by atoms with Crippen LogP contribution in [-0.2, 0) is 20.9 Å². The maximum Gasteiger partial charge on any atom is 0.414 e. The van der Waals surface area contributed by atoms with Crippen LogP contribution in [0.5, 0.6) is 0 Å². The minimum atomic E-state index is -0.954. The number of para-hydroxylation sites is 1. The summed E-state index contributed by atoms with van der Waals surface area (Å²) in [4.78, 5) is 42.1. The molecule has 1 N–H and O–H groups in total. The molecule has 0 unspecified atom stereocenters. The molecular formula is C28H32N2O5. The first-order chi connectivity index (χ1) is 17.0. The van der Waals surface area contributed by atoms with Gasteiger partial charge in [-0.2, -0.15) is 0 Å². The third kappa shape index (κ3) is 4.64. The molecule has 35 heavy (non-hydrogen) atoms. The molecule has 0 radical (unpaired) electrons. The molecule has 5 rings (SSSR count). The number of carbonyl (C=O) groups excluding carboxylic acids is 2. The summed E-state index contributed by atoms with van der Waals surface area (Å²) in [6, 6.07) is 17.4. The molecule has 0 aromatic heterocycles. The molecule has 0 spiro atoms. The molecule has 2 aromatic rings. The molecule has 2 aliphatic carbocycles. The summed E-state index contributed by atoms with van der Waals surface area (Å²) in [6.45, 7) is 1.79. The van der Waals surface area contributed by atoms with Gasteiger partial charge >= 0.3 is 12.1 Å². The van der Waals surface area contributed by atoms with E-state index >= 15 is 0 Å². The van der Waals surface area contributed by atoms with Crippen molar-refractivity contribution in [3.8, 4) is 0 Å². The molecule has 184 valence electrons. The molecule has 1 heterocycles. The second kappa shape index (κ2) is 9.72. The predicted octanol–water partition coefficient (Wildman–Crippen LogP) is 5.16. The number of anilines is 1. The Morgan fingerprint density at radius 1 is 1.03 bits per heavy atom. The van der Waals surface area contributed by atoms with Crippen LogP contribution in [0, 0.1) is 11.8 Å². The van der Waals surface area contributed by atoms with E-state index < -0.39 is 11.9 Å². The lowest BCUT2D eigenvalue weighted by molar-refractivity contribution is -0.147. The first-order valence-electron chi connectivity index (χ1n) is 12.6. The number of carboxylic acid groups (broad SMARTS) is 1. The van der Waals surface area contributed by atoms with Crippen LogP contribution >= 0.6 is 0 Å². The van der Waals surface area contributed by atoms with E-state index in [2.05, 4.69) is 0 Å². The monoisotopic (exact) mass is 476 g/mol. The number of carboxylic acids is 1. The van der Waals surface area contributed by atoms with Crippen molar-refractivity contribution in [1.82, 2.24) is 4.90 Å². The van der Waals surface area contributed by atoms with Gasteiger partial charge < -0.3 is 14.7 Å². The Kier molecular flexibility index (Phi) is 6.50. The highest BCUT2D eigenvalue weighted by molar-refractivity contribution is 5.91. The average Bonchev–Trinajstić information content (AvgIpc) is 3.58. The van der Waals surface area contributed by atoms with Crippen molar-refractivity contribution in [2.75, 3.05) is 4.90 Å². The normalized spacial score (nSPS) is 23.7. The first-order valence-corrected chi connectivity index (χ1v) is 12.6. The van der Waals surface area contributed by atoms with Gasteiger partial charge in [-0.3, -0.25) is 14.5 Å². The van der Waals surface area contributed by atoms with E-state index in [-0.39, 0.29) is 49.1 Å². The minimum Gasteiger partial charge on any atom is -0.481 e. The van der Waals surface area contributed by atoms with E-state index in [4.69, 9.17) is 4.74 Å². The topological polar surface area (TPSA) is 87.2 Å². The molecule has 3 aliphatic rings. The van der Waals surface area contributed by atoms with Gasteiger partial charge in [-0.15, -0.1) is 0 Å². The van der Waals surface area contributed by atoms with Gasteiger partial charge in [0.05, 0.1) is 17.6 Å². The van der Waals surface area contributed by atoms with Gasteiger partial charge in [-0.1, -0.05) is 61.9 Å². The Morgan fingerprint density at radius 3 is 2.46 bits per heavy atom. The number of benzene rings is 2. The molecule has 7 nitrogen and oxygen atoms in total. The summed E-state index contributed by atoms with van der Waals surface area (Å²) in [7, 11) is 0. The van der Waals surface area contributed by atoms with Crippen LogP contribution in [0.3, 0.4) is 0 Å². The third-order valence-electron chi connectivity index (χ3n) is 7.62. The molecule has 2 amide bonds. The Labute approximate surface area is 205 Å². The fraction of sp³-hybridized carbons (Fsp3) is 0.464. The van der Waals surface area contributed by atoms with Crippen LogP contribution in [0.15, 0.2) is 54.6 Å². The molecule has 2 aromatic carbocycles. The van der Waals surface area contributed by atoms with E-state index in [1.165, 1.54) is 0 Å². The molecule has 0 bridgehead atoms. The van der Waals surface area contributed by atoms with E-state index in [0.29, 0.717) is 0 Å². The Bertz CT molecular complexity index is 1100. The largest absolute Gasteiger partial charge is 0.481 e. The zero-order valence-corrected chi connectivity index (χ0v) is 20.0. The van der Waals surface area contributed by atoms with Crippen LogP contribution in [0.2, 0.25) is 0 Å². The quantitative estimate of drug-likeness (QED) is 0.597. The number of hydrogen-bond acceptors (Lipinski definition) is 4. The van der Waals surface area contributed by atoms with Gasteiger partial charge in [0.25, 0.3) is 0 Å². The molecular weight excluding hydrogens is 444 g/mol. The first kappa shape index (κ1) is 23.4. The number of ether oxygens (including phenoxy) is 1. The number of fused-ring (bicyclic) bond motifs is 2. The van der Waals surface area contributed by atoms with Crippen LogP contribution in [0.4, 0.5) is 10.5 Å². The highest BCUT2D eigenvalue weighted by Gasteiger charge is 2.51. The minimum absolute atomic E-state index is 0.00921. The Morgan fingerprint density at radius 2 is 1.74 bits per heavy atom. The summed E-state index contributed by atoms with van der Waals surface area (Å²) in [6.07, 6.45) is 4.25. The van der Waals surface area contributed by atoms with Crippen molar-refractivity contribution < 1.29 is 24.2 Å². The zero-order valence-electron chi connectivity index (χ0n) is 20.0. The van der Waals surface area contributed by atoms with E-state index in [0.717, 1.165) is 48.9 Å². The second-order valence-electron chi connectivity index (χ2n) is 10.1. The Hall–Kier alpha value is -3.35. The van der Waals surface area contributed by atoms with E-state index in [1.54, 1.807) is 6.92 Å². The average molecular weight is 477 g/mol. The standard InChI is InChI=1S/C28H32N2O5/c1-18(27(32)33)16-25(31)29(20-14-15-20)26-21-10-5-6-12-23(21)30(24-13-7-11-22(24)26)28(34)35-17-19-8-3-2-4-9-19/h2-6,8-10,12,18,20,22,24,26H,7,11,13-17H2,1H3,(H,32,33)/t18-,22+,24-,26+/m1/s1. The highest BCUT2D eigenvalue weighted by Crippen LogP contribution is 2.52. The summed E-state index contributed by atoms with van der Waals surface area (Å²) in [5, 5.41) is 9.39. The van der Waals surface area contributed by atoms with Crippen molar-refractivity contribution in [2.24, 2.45) is 11.8 Å². The van der Waals surface area contributed by atoms with Crippen molar-refractivity contribution in [2.45, 2.75) is 70.2 Å². The molecule has 7 heteroatoms. The SMILES string of the molecule is C[C@H](CC(=O)N(C1CC1)[C@H]1c2ccccc2N(C(=O)OCc2ccccc2)[C@@H]2CCC[C@@H]21)C(=O)O. The lowest BCUT2D eigenvalue weighted by Gasteiger charge is -2.47. The number of aliphatic carboxylic acids is 1. The Balaban J connectivity index is 1.46. The number of carbonyl (C=O) groups is 3. The smallest absolute Gasteiger partial charge is 0.414 e. The highest BCUT2D eigenvalue weighted by atomic mass is 16.6. The van der Waals surface area contributed by atoms with Gasteiger partial charge in [0, 0.05) is 24.4 Å². The number of hydrogen-bond donors (Lipinski definition) is 1. The van der Waals surface area contributed by atoms with Crippen molar-refractivity contribution >= 4 is 23.7 Å². The van der Waals surface area contributed by atoms with Gasteiger partial charge in [0.15, 0.2) is 0 Å². The molecule has 2 saturated carbocycles. The maximum absolute atomic E-state index is 13.5. The zero-order chi connectivity index (χ0) is 24.5. The molecule has 0 saturated heterocycles. The fourth-order valence-corrected chi connectivity index (χ4v) is 5.80. The van der Waals surface area contributed by atoms with Gasteiger partial charge in [-0.05, 0) is 42.9 Å². The van der Waals surface area contributed by atoms with Crippen molar-refractivity contribution in [1.29, 1.82) is 0 Å². The van der Waals surface area contributed by atoms with E-state index in [1.807, 2.05) is 64.4 Å². The molecule has 1 aliphatic heterocycles. The van der Waals surface area contributed by atoms with Gasteiger partial charge in [0.1, 0.15) is 6.61 Å². The molecule has 4 atom stereocenters. The number of nitrogens with zero attached hydrogens (tertiary/aromatic N) is 2. The molecule has 2 fully saturated rings. The van der Waals surface area contributed by atoms with E-state index in [9.17, 15) is 19.5 Å². The second-order valence-corrected chi connectivity index (χ2v) is 10.1. The third-order valence-corrected chi connectivity index (χ3v) is 7.62. The fourth-order valence-electron chi connectivity index (χ4n) is 5.80. The summed E-state index contributed by atoms with van der Waals surface area (Å²) in [5.74, 6) is -1.69. The van der Waals surface area contributed by atoms with Crippen LogP contribution in [-0.4, -0.2) is 40.1 Å². The maximum atomic E-state index is 13.5. The summed E-state index contributed by atoms with van der Waals surface area (Å²) in [5.41, 5.74) is 2.68. The summed E-state index contributed by atoms with van der Waals surface area (Å²) >= 11 is 0. The van der Waals surface area contributed by atoms with Crippen LogP contribution < -0.4 is 4.90 Å². The van der Waals surface area contributed by atoms with Crippen LogP contribution in [0.25, 0.3) is 0 Å². The summed E-state index contributed by atoms with van der Waals surface area (Å²) < 4.78 is 5.76. The lowest BCUT2D eigenvalue weighted by atomic mass is 9.81. The van der Waals surface area contributed by atoms with Gasteiger partial charge in [0.2, 0.25) is 5.91 Å². The lowest BCUT2D eigenvalue weighted by Crippen LogP contribution is -2.53. The van der Waals surface area contributed by atoms with Gasteiger partial charge in [-0.25, -0.2) is 4.79 Å². The van der Waals surface area contributed by atoms with Crippen LogP contribution in [0.1, 0.15) is 62.6 Å².